The summed E-state index contributed by atoms with van der Waals surface area (Å²) in [5, 5.41) is 6.94. The average Bonchev–Trinajstić information content (AvgIpc) is 3.18. The number of rotatable bonds is 9. The highest BCUT2D eigenvalue weighted by atomic mass is 32.2. The molecule has 14 heteroatoms. The normalized spacial score (nSPS) is 16.9. The Morgan fingerprint density at radius 1 is 1.16 bits per heavy atom. The fraction of sp³-hybridized carbons (Fsp3) is 0.478. The Labute approximate surface area is 213 Å². The molecule has 0 saturated heterocycles. The largest absolute Gasteiger partial charge is 0.490 e. The number of benzene rings is 1. The van der Waals surface area contributed by atoms with Gasteiger partial charge >= 0.3 is 0 Å². The van der Waals surface area contributed by atoms with E-state index in [9.17, 15) is 17.2 Å². The first kappa shape index (κ1) is 26.8. The van der Waals surface area contributed by atoms with Gasteiger partial charge in [-0.25, -0.2) is 27.2 Å². The van der Waals surface area contributed by atoms with Crippen LogP contribution < -0.4 is 9.46 Å². The van der Waals surface area contributed by atoms with E-state index in [1.807, 2.05) is 6.92 Å². The third-order valence-corrected chi connectivity index (χ3v) is 7.43. The van der Waals surface area contributed by atoms with Gasteiger partial charge in [0.25, 0.3) is 0 Å². The third-order valence-electron chi connectivity index (χ3n) is 5.74. The number of methoxy groups -OCH3 is 1. The maximum Gasteiger partial charge on any atom is 0.240 e. The molecule has 2 aromatic heterocycles. The van der Waals surface area contributed by atoms with E-state index >= 15 is 0 Å². The standard InChI is InChI=1S/C23H28F2N6O5S/c1-12(2)36-20(21-26-8-13(3)9-27-21)14(4)37(32,33)30-23-29-28-22-16-6-17(24)18(25)7-19(16)35-11-15(10-34-5)31(22)23/h6-9,12,14-15,20H,10-11H2,1-5H3,(H,29,30)/t14-,15-,20+/m0/s1. The van der Waals surface area contributed by atoms with Gasteiger partial charge in [0.2, 0.25) is 16.0 Å². The summed E-state index contributed by atoms with van der Waals surface area (Å²) >= 11 is 0. The van der Waals surface area contributed by atoms with E-state index in [1.165, 1.54) is 18.6 Å². The smallest absolute Gasteiger partial charge is 0.240 e. The first-order chi connectivity index (χ1) is 17.5. The fourth-order valence-electron chi connectivity index (χ4n) is 3.90. The molecular formula is C23H28F2N6O5S. The first-order valence-corrected chi connectivity index (χ1v) is 13.1. The van der Waals surface area contributed by atoms with Crippen molar-refractivity contribution in [2.45, 2.75) is 51.2 Å². The van der Waals surface area contributed by atoms with Gasteiger partial charge in [-0.15, -0.1) is 10.2 Å². The molecule has 1 aromatic carbocycles. The molecule has 1 aliphatic rings. The highest BCUT2D eigenvalue weighted by Gasteiger charge is 2.37. The van der Waals surface area contributed by atoms with Crippen LogP contribution in [-0.4, -0.2) is 64.8 Å². The zero-order valence-corrected chi connectivity index (χ0v) is 21.8. The van der Waals surface area contributed by atoms with Gasteiger partial charge in [0.05, 0.1) is 24.3 Å². The SMILES string of the molecule is COC[C@H]1COc2cc(F)c(F)cc2-c2nnc(NS(=O)(=O)[C@@H](C)[C@@H](OC(C)C)c3ncc(C)cn3)n21. The van der Waals surface area contributed by atoms with Crippen LogP contribution in [0.3, 0.4) is 0 Å². The maximum absolute atomic E-state index is 14.1. The second-order valence-corrected chi connectivity index (χ2v) is 11.0. The summed E-state index contributed by atoms with van der Waals surface area (Å²) < 4.78 is 75.8. The minimum Gasteiger partial charge on any atom is -0.490 e. The molecule has 0 unspecified atom stereocenters. The molecule has 0 aliphatic carbocycles. The molecule has 37 heavy (non-hydrogen) atoms. The Bertz CT molecular complexity index is 1370. The molecule has 0 bridgehead atoms. The molecule has 0 fully saturated rings. The summed E-state index contributed by atoms with van der Waals surface area (Å²) in [6, 6.07) is 1.24. The molecular weight excluding hydrogens is 510 g/mol. The minimum atomic E-state index is -4.16. The zero-order valence-electron chi connectivity index (χ0n) is 21.0. The molecule has 0 saturated carbocycles. The number of anilines is 1. The molecule has 0 spiro atoms. The van der Waals surface area contributed by atoms with Crippen LogP contribution in [0, 0.1) is 18.6 Å². The molecule has 0 amide bonds. The second kappa shape index (κ2) is 10.6. The molecule has 3 heterocycles. The van der Waals surface area contributed by atoms with Crippen LogP contribution in [0.2, 0.25) is 0 Å². The molecule has 1 N–H and O–H groups in total. The highest BCUT2D eigenvalue weighted by molar-refractivity contribution is 7.93. The van der Waals surface area contributed by atoms with Crippen LogP contribution in [0.4, 0.5) is 14.7 Å². The summed E-state index contributed by atoms with van der Waals surface area (Å²) in [6.45, 7) is 6.91. The predicted octanol–water partition coefficient (Wildman–Crippen LogP) is 3.20. The van der Waals surface area contributed by atoms with E-state index < -0.39 is 39.1 Å². The van der Waals surface area contributed by atoms with Crippen molar-refractivity contribution in [1.82, 2.24) is 24.7 Å². The summed E-state index contributed by atoms with van der Waals surface area (Å²) in [5.41, 5.74) is 0.937. The monoisotopic (exact) mass is 538 g/mol. The van der Waals surface area contributed by atoms with E-state index in [0.29, 0.717) is 0 Å². The Morgan fingerprint density at radius 3 is 2.49 bits per heavy atom. The van der Waals surface area contributed by atoms with Crippen molar-refractivity contribution in [3.63, 3.8) is 0 Å². The van der Waals surface area contributed by atoms with E-state index in [0.717, 1.165) is 17.7 Å². The van der Waals surface area contributed by atoms with Gasteiger partial charge in [-0.05, 0) is 39.3 Å². The van der Waals surface area contributed by atoms with Crippen LogP contribution in [0.25, 0.3) is 11.4 Å². The lowest BCUT2D eigenvalue weighted by Gasteiger charge is -2.26. The summed E-state index contributed by atoms with van der Waals surface area (Å²) in [6.07, 6.45) is 1.87. The number of ether oxygens (including phenoxy) is 3. The molecule has 0 radical (unpaired) electrons. The Balaban J connectivity index is 1.73. The van der Waals surface area contributed by atoms with Crippen molar-refractivity contribution < 1.29 is 31.4 Å². The lowest BCUT2D eigenvalue weighted by Crippen LogP contribution is -2.35. The number of nitrogens with zero attached hydrogens (tertiary/aromatic N) is 5. The fourth-order valence-corrected chi connectivity index (χ4v) is 4.99. The van der Waals surface area contributed by atoms with Gasteiger partial charge < -0.3 is 14.2 Å². The van der Waals surface area contributed by atoms with Gasteiger partial charge in [0.15, 0.2) is 23.3 Å². The van der Waals surface area contributed by atoms with Crippen molar-refractivity contribution in [2.75, 3.05) is 25.0 Å². The minimum absolute atomic E-state index is 0.0302. The lowest BCUT2D eigenvalue weighted by molar-refractivity contribution is 0.00152. The van der Waals surface area contributed by atoms with E-state index in [4.69, 9.17) is 14.2 Å². The van der Waals surface area contributed by atoms with E-state index in [-0.39, 0.29) is 48.2 Å². The van der Waals surface area contributed by atoms with Crippen LogP contribution in [0.1, 0.15) is 44.3 Å². The second-order valence-electron chi connectivity index (χ2n) is 8.98. The molecule has 1 aliphatic heterocycles. The van der Waals surface area contributed by atoms with E-state index in [1.54, 1.807) is 26.2 Å². The number of fused-ring (bicyclic) bond motifs is 3. The zero-order chi connectivity index (χ0) is 26.9. The maximum atomic E-state index is 14.1. The Hall–Kier alpha value is -3.23. The Kier molecular flexibility index (Phi) is 7.71. The molecule has 11 nitrogen and oxygen atoms in total. The van der Waals surface area contributed by atoms with Gasteiger partial charge in [-0.3, -0.25) is 9.29 Å². The molecule has 3 aromatic rings. The van der Waals surface area contributed by atoms with Gasteiger partial charge in [0, 0.05) is 25.6 Å². The predicted molar refractivity (Wildman–Crippen MR) is 130 cm³/mol. The van der Waals surface area contributed by atoms with Crippen LogP contribution in [-0.2, 0) is 19.5 Å². The highest BCUT2D eigenvalue weighted by Crippen LogP contribution is 2.38. The number of sulfonamides is 1. The molecule has 4 rings (SSSR count). The van der Waals surface area contributed by atoms with Gasteiger partial charge in [-0.2, -0.15) is 0 Å². The van der Waals surface area contributed by atoms with Crippen molar-refractivity contribution >= 4 is 16.0 Å². The van der Waals surface area contributed by atoms with Crippen molar-refractivity contribution in [2.24, 2.45) is 0 Å². The van der Waals surface area contributed by atoms with Crippen LogP contribution in [0.5, 0.6) is 5.75 Å². The van der Waals surface area contributed by atoms with Crippen molar-refractivity contribution in [3.05, 3.63) is 47.5 Å². The topological polar surface area (TPSA) is 130 Å². The number of hydrogen-bond acceptors (Lipinski definition) is 9. The number of aryl methyl sites for hydroxylation is 1. The number of aromatic nitrogens is 5. The van der Waals surface area contributed by atoms with Crippen LogP contribution >= 0.6 is 0 Å². The number of halogens is 2. The summed E-state index contributed by atoms with van der Waals surface area (Å²) in [4.78, 5) is 8.52. The van der Waals surface area contributed by atoms with Gasteiger partial charge in [0.1, 0.15) is 23.7 Å². The number of hydrogen-bond donors (Lipinski definition) is 1. The Morgan fingerprint density at radius 2 is 1.84 bits per heavy atom. The summed E-state index contributed by atoms with van der Waals surface area (Å²) in [5.74, 6) is -1.97. The quantitative estimate of drug-likeness (QED) is 0.436. The summed E-state index contributed by atoms with van der Waals surface area (Å²) in [7, 11) is -2.70. The van der Waals surface area contributed by atoms with Crippen LogP contribution in [0.15, 0.2) is 24.5 Å². The van der Waals surface area contributed by atoms with Crippen molar-refractivity contribution in [1.29, 1.82) is 0 Å². The number of nitrogens with one attached hydrogen (secondary N) is 1. The molecule has 200 valence electrons. The van der Waals surface area contributed by atoms with Crippen molar-refractivity contribution in [3.8, 4) is 17.1 Å². The average molecular weight is 539 g/mol. The molecule has 3 atom stereocenters. The first-order valence-electron chi connectivity index (χ1n) is 11.5. The van der Waals surface area contributed by atoms with Gasteiger partial charge in [-0.1, -0.05) is 0 Å². The third kappa shape index (κ3) is 5.55. The van der Waals surface area contributed by atoms with E-state index in [2.05, 4.69) is 24.9 Å². The lowest BCUT2D eigenvalue weighted by atomic mass is 10.1.